The monoisotopic (exact) mass is 393 g/mol. The van der Waals surface area contributed by atoms with Gasteiger partial charge in [0.2, 0.25) is 0 Å². The SMILES string of the molecule is CCOC(=O)C1SC(=NC(=O)c2ccc(C#N)cc2)N(c2ccccc2)C1C. The maximum absolute atomic E-state index is 12.7. The number of anilines is 1. The molecule has 2 atom stereocenters. The van der Waals surface area contributed by atoms with Crippen LogP contribution in [0.5, 0.6) is 0 Å². The van der Waals surface area contributed by atoms with Crippen molar-refractivity contribution in [2.45, 2.75) is 25.1 Å². The molecule has 2 aromatic rings. The lowest BCUT2D eigenvalue weighted by Crippen LogP contribution is -2.38. The number of esters is 1. The van der Waals surface area contributed by atoms with Crippen LogP contribution in [0.25, 0.3) is 0 Å². The van der Waals surface area contributed by atoms with E-state index in [9.17, 15) is 9.59 Å². The second-order valence-corrected chi connectivity index (χ2v) is 7.23. The number of amidine groups is 1. The van der Waals surface area contributed by atoms with Crippen LogP contribution in [0.2, 0.25) is 0 Å². The minimum Gasteiger partial charge on any atom is -0.465 e. The summed E-state index contributed by atoms with van der Waals surface area (Å²) in [5.41, 5.74) is 1.70. The molecule has 1 fully saturated rings. The van der Waals surface area contributed by atoms with E-state index in [0.717, 1.165) is 5.69 Å². The minimum absolute atomic E-state index is 0.223. The van der Waals surface area contributed by atoms with Crippen LogP contribution in [0, 0.1) is 11.3 Å². The van der Waals surface area contributed by atoms with E-state index in [1.54, 1.807) is 31.2 Å². The van der Waals surface area contributed by atoms with Crippen LogP contribution in [-0.2, 0) is 9.53 Å². The number of hydrogen-bond donors (Lipinski definition) is 0. The normalized spacial score (nSPS) is 20.0. The molecule has 1 aliphatic rings. The smallest absolute Gasteiger partial charge is 0.321 e. The summed E-state index contributed by atoms with van der Waals surface area (Å²) in [6.07, 6.45) is 0. The molecule has 1 saturated heterocycles. The molecule has 2 unspecified atom stereocenters. The molecule has 28 heavy (non-hydrogen) atoms. The first-order valence-electron chi connectivity index (χ1n) is 8.86. The zero-order valence-electron chi connectivity index (χ0n) is 15.5. The van der Waals surface area contributed by atoms with Crippen molar-refractivity contribution in [1.29, 1.82) is 5.26 Å². The maximum Gasteiger partial charge on any atom is 0.321 e. The fourth-order valence-electron chi connectivity index (χ4n) is 2.90. The largest absolute Gasteiger partial charge is 0.465 e. The van der Waals surface area contributed by atoms with E-state index in [1.165, 1.54) is 11.8 Å². The number of nitrogens with zero attached hydrogens (tertiary/aromatic N) is 3. The van der Waals surface area contributed by atoms with E-state index in [4.69, 9.17) is 10.00 Å². The summed E-state index contributed by atoms with van der Waals surface area (Å²) in [5, 5.41) is 8.87. The molecule has 142 valence electrons. The topological polar surface area (TPSA) is 82.8 Å². The van der Waals surface area contributed by atoms with Crippen LogP contribution in [-0.4, -0.2) is 34.9 Å². The van der Waals surface area contributed by atoms with Gasteiger partial charge in [-0.05, 0) is 50.2 Å². The van der Waals surface area contributed by atoms with Crippen LogP contribution >= 0.6 is 11.8 Å². The van der Waals surface area contributed by atoms with E-state index in [2.05, 4.69) is 4.99 Å². The molecule has 3 rings (SSSR count). The highest BCUT2D eigenvalue weighted by Gasteiger charge is 2.42. The first kappa shape index (κ1) is 19.6. The second-order valence-electron chi connectivity index (χ2n) is 6.13. The average molecular weight is 393 g/mol. The summed E-state index contributed by atoms with van der Waals surface area (Å²) in [6, 6.07) is 17.6. The molecule has 0 aliphatic carbocycles. The fourth-order valence-corrected chi connectivity index (χ4v) is 4.13. The first-order valence-corrected chi connectivity index (χ1v) is 9.74. The Morgan fingerprint density at radius 2 is 1.86 bits per heavy atom. The number of benzene rings is 2. The van der Waals surface area contributed by atoms with Gasteiger partial charge in [0.15, 0.2) is 5.17 Å². The van der Waals surface area contributed by atoms with Crippen molar-refractivity contribution in [3.8, 4) is 6.07 Å². The predicted molar refractivity (Wildman–Crippen MR) is 109 cm³/mol. The van der Waals surface area contributed by atoms with Crippen LogP contribution in [0.15, 0.2) is 59.6 Å². The van der Waals surface area contributed by atoms with Gasteiger partial charge in [0.1, 0.15) is 5.25 Å². The lowest BCUT2D eigenvalue weighted by atomic mass is 10.1. The Hall–Kier alpha value is -3.11. The summed E-state index contributed by atoms with van der Waals surface area (Å²) < 4.78 is 5.19. The van der Waals surface area contributed by atoms with Crippen molar-refractivity contribution < 1.29 is 14.3 Å². The standard InChI is InChI=1S/C21H19N3O3S/c1-3-27-20(26)18-14(2)24(17-7-5-4-6-8-17)21(28-18)23-19(25)16-11-9-15(13-22)10-12-16/h4-12,14,18H,3H2,1-2H3. The number of rotatable bonds is 4. The number of carbonyl (C=O) groups is 2. The van der Waals surface area contributed by atoms with E-state index < -0.39 is 11.2 Å². The van der Waals surface area contributed by atoms with Crippen molar-refractivity contribution in [3.63, 3.8) is 0 Å². The van der Waals surface area contributed by atoms with Gasteiger partial charge in [-0.15, -0.1) is 0 Å². The first-order chi connectivity index (χ1) is 13.5. The predicted octanol–water partition coefficient (Wildman–Crippen LogP) is 3.63. The van der Waals surface area contributed by atoms with Gasteiger partial charge < -0.3 is 9.64 Å². The minimum atomic E-state index is -0.479. The Bertz CT molecular complexity index is 936. The lowest BCUT2D eigenvalue weighted by Gasteiger charge is -2.24. The van der Waals surface area contributed by atoms with Gasteiger partial charge in [-0.2, -0.15) is 10.3 Å². The van der Waals surface area contributed by atoms with Crippen molar-refractivity contribution in [2.24, 2.45) is 4.99 Å². The number of amides is 1. The Kier molecular flexibility index (Phi) is 6.12. The molecule has 1 amide bonds. The number of para-hydroxylation sites is 1. The fraction of sp³-hybridized carbons (Fsp3) is 0.238. The molecule has 0 aromatic heterocycles. The van der Waals surface area contributed by atoms with E-state index in [1.807, 2.05) is 48.2 Å². The third-order valence-corrected chi connectivity index (χ3v) is 5.63. The second kappa shape index (κ2) is 8.72. The number of hydrogen-bond acceptors (Lipinski definition) is 5. The van der Waals surface area contributed by atoms with Crippen LogP contribution in [0.4, 0.5) is 5.69 Å². The maximum atomic E-state index is 12.7. The summed E-state index contributed by atoms with van der Waals surface area (Å²) in [4.78, 5) is 31.2. The van der Waals surface area contributed by atoms with Crippen LogP contribution in [0.3, 0.4) is 0 Å². The van der Waals surface area contributed by atoms with Crippen molar-refractivity contribution in [1.82, 2.24) is 0 Å². The summed E-state index contributed by atoms with van der Waals surface area (Å²) in [7, 11) is 0. The average Bonchev–Trinajstić information content (AvgIpc) is 3.04. The highest BCUT2D eigenvalue weighted by molar-refractivity contribution is 8.15. The van der Waals surface area contributed by atoms with E-state index in [-0.39, 0.29) is 12.0 Å². The number of aliphatic imine (C=N–C) groups is 1. The molecule has 1 heterocycles. The van der Waals surface area contributed by atoms with Gasteiger partial charge in [-0.1, -0.05) is 30.0 Å². The molecule has 0 saturated carbocycles. The molecule has 0 N–H and O–H groups in total. The number of nitriles is 1. The lowest BCUT2D eigenvalue weighted by molar-refractivity contribution is -0.142. The molecule has 0 radical (unpaired) electrons. The summed E-state index contributed by atoms with van der Waals surface area (Å²) in [5.74, 6) is -0.749. The molecule has 1 aliphatic heterocycles. The highest BCUT2D eigenvalue weighted by atomic mass is 32.2. The molecular weight excluding hydrogens is 374 g/mol. The number of ether oxygens (including phenoxy) is 1. The zero-order valence-corrected chi connectivity index (χ0v) is 16.3. The van der Waals surface area contributed by atoms with Crippen molar-refractivity contribution >= 4 is 34.5 Å². The third-order valence-electron chi connectivity index (χ3n) is 4.30. The van der Waals surface area contributed by atoms with Gasteiger partial charge >= 0.3 is 5.97 Å². The third kappa shape index (κ3) is 4.07. The van der Waals surface area contributed by atoms with E-state index >= 15 is 0 Å². The zero-order chi connectivity index (χ0) is 20.1. The molecule has 6 nitrogen and oxygen atoms in total. The van der Waals surface area contributed by atoms with Gasteiger partial charge in [0.05, 0.1) is 24.3 Å². The van der Waals surface area contributed by atoms with Crippen molar-refractivity contribution in [2.75, 3.05) is 11.5 Å². The Morgan fingerprint density at radius 1 is 1.18 bits per heavy atom. The Labute approximate surface area is 167 Å². The molecule has 0 bridgehead atoms. The van der Waals surface area contributed by atoms with Gasteiger partial charge in [0, 0.05) is 11.3 Å². The molecule has 7 heteroatoms. The van der Waals surface area contributed by atoms with Crippen LogP contribution in [0.1, 0.15) is 29.8 Å². The number of thioether (sulfide) groups is 1. The Morgan fingerprint density at radius 3 is 2.46 bits per heavy atom. The van der Waals surface area contributed by atoms with E-state index in [0.29, 0.717) is 22.9 Å². The quantitative estimate of drug-likeness (QED) is 0.738. The molecule has 2 aromatic carbocycles. The molecule has 0 spiro atoms. The summed E-state index contributed by atoms with van der Waals surface area (Å²) in [6.45, 7) is 3.97. The van der Waals surface area contributed by atoms with Crippen molar-refractivity contribution in [3.05, 3.63) is 65.7 Å². The molecular formula is C21H19N3O3S. The Balaban J connectivity index is 1.95. The van der Waals surface area contributed by atoms with Crippen LogP contribution < -0.4 is 4.90 Å². The van der Waals surface area contributed by atoms with Gasteiger partial charge in [-0.3, -0.25) is 9.59 Å². The van der Waals surface area contributed by atoms with Gasteiger partial charge in [0.25, 0.3) is 5.91 Å². The highest BCUT2D eigenvalue weighted by Crippen LogP contribution is 2.36. The van der Waals surface area contributed by atoms with Gasteiger partial charge in [-0.25, -0.2) is 0 Å². The summed E-state index contributed by atoms with van der Waals surface area (Å²) >= 11 is 1.23. The number of carbonyl (C=O) groups excluding carboxylic acids is 2.